The van der Waals surface area contributed by atoms with Crippen LogP contribution in [0.15, 0.2) is 66.9 Å². The van der Waals surface area contributed by atoms with Gasteiger partial charge in [-0.1, -0.05) is 30.3 Å². The van der Waals surface area contributed by atoms with Gasteiger partial charge >= 0.3 is 0 Å². The largest absolute Gasteiger partial charge is 0.322 e. The molecule has 1 aliphatic rings. The zero-order valence-electron chi connectivity index (χ0n) is 17.2. The maximum absolute atomic E-state index is 13.7. The summed E-state index contributed by atoms with van der Waals surface area (Å²) in [5.41, 5.74) is 3.34. The number of benzene rings is 2. The quantitative estimate of drug-likeness (QED) is 0.624. The van der Waals surface area contributed by atoms with Crippen LogP contribution in [0.25, 0.3) is 0 Å². The molecule has 1 aliphatic heterocycles. The molecule has 160 valence electrons. The lowest BCUT2D eigenvalue weighted by Crippen LogP contribution is -2.40. The second-order valence-electron chi connectivity index (χ2n) is 8.00. The van der Waals surface area contributed by atoms with Crippen molar-refractivity contribution >= 4 is 11.6 Å². The van der Waals surface area contributed by atoms with Gasteiger partial charge in [-0.3, -0.25) is 14.7 Å². The molecule has 1 amide bonds. The number of anilines is 1. The number of amides is 1. The van der Waals surface area contributed by atoms with Crippen LogP contribution in [-0.4, -0.2) is 35.4 Å². The van der Waals surface area contributed by atoms with Crippen LogP contribution in [0.5, 0.6) is 0 Å². The van der Waals surface area contributed by atoms with E-state index < -0.39 is 5.82 Å². The molecule has 1 N–H and O–H groups in total. The highest BCUT2D eigenvalue weighted by molar-refractivity contribution is 5.92. The number of hydrogen-bond donors (Lipinski definition) is 1. The summed E-state index contributed by atoms with van der Waals surface area (Å²) >= 11 is 0. The highest BCUT2D eigenvalue weighted by Gasteiger charge is 2.24. The summed E-state index contributed by atoms with van der Waals surface area (Å²) in [6.45, 7) is 1.81. The molecule has 1 fully saturated rings. The third-order valence-corrected chi connectivity index (χ3v) is 5.61. The Morgan fingerprint density at radius 3 is 2.55 bits per heavy atom. The van der Waals surface area contributed by atoms with E-state index in [1.54, 1.807) is 30.3 Å². The van der Waals surface area contributed by atoms with Gasteiger partial charge in [0.25, 0.3) is 0 Å². The highest BCUT2D eigenvalue weighted by Crippen LogP contribution is 2.26. The minimum atomic E-state index is -0.433. The van der Waals surface area contributed by atoms with E-state index in [0.29, 0.717) is 6.42 Å². The van der Waals surface area contributed by atoms with Crippen LogP contribution in [0.3, 0.4) is 0 Å². The molecule has 1 saturated heterocycles. The Balaban J connectivity index is 1.33. The molecule has 4 rings (SSSR count). The molecule has 0 radical (unpaired) electrons. The third-order valence-electron chi connectivity index (χ3n) is 5.61. The lowest BCUT2D eigenvalue weighted by molar-refractivity contribution is -0.117. The molecular weight excluding hydrogens is 396 g/mol. The van der Waals surface area contributed by atoms with Crippen molar-refractivity contribution in [3.63, 3.8) is 0 Å². The van der Waals surface area contributed by atoms with Gasteiger partial charge in [-0.25, -0.2) is 8.78 Å². The van der Waals surface area contributed by atoms with E-state index in [-0.39, 0.29) is 29.9 Å². The van der Waals surface area contributed by atoms with Gasteiger partial charge in [0.1, 0.15) is 11.6 Å². The number of hydrogen-bond acceptors (Lipinski definition) is 3. The molecule has 2 heterocycles. The number of nitrogens with one attached hydrogen (secondary N) is 1. The van der Waals surface area contributed by atoms with Gasteiger partial charge in [-0.2, -0.15) is 0 Å². The second kappa shape index (κ2) is 9.79. The molecular formula is C25H25F2N3O. The van der Waals surface area contributed by atoms with E-state index >= 15 is 0 Å². The molecule has 3 aromatic rings. The average molecular weight is 421 g/mol. The number of halogens is 2. The Kier molecular flexibility index (Phi) is 6.67. The van der Waals surface area contributed by atoms with Crippen molar-refractivity contribution in [1.29, 1.82) is 0 Å². The third kappa shape index (κ3) is 5.73. The SMILES string of the molecule is O=C(CN1CCC[C@H](c2ccc(Cc3ccc(F)cc3)cn2)C1)Nc1ccccc1F. The molecule has 6 heteroatoms. The Labute approximate surface area is 180 Å². The van der Waals surface area contributed by atoms with Crippen LogP contribution in [0.4, 0.5) is 14.5 Å². The van der Waals surface area contributed by atoms with Crippen molar-refractivity contribution in [3.05, 3.63) is 95.3 Å². The first-order chi connectivity index (χ1) is 15.1. The van der Waals surface area contributed by atoms with Crippen LogP contribution < -0.4 is 5.32 Å². The Bertz CT molecular complexity index is 1020. The summed E-state index contributed by atoms with van der Waals surface area (Å²) in [6.07, 6.45) is 4.59. The van der Waals surface area contributed by atoms with Gasteiger partial charge in [0, 0.05) is 24.4 Å². The Hall–Kier alpha value is -3.12. The average Bonchev–Trinajstić information content (AvgIpc) is 2.78. The first-order valence-electron chi connectivity index (χ1n) is 10.5. The molecule has 0 bridgehead atoms. The number of para-hydroxylation sites is 1. The number of carbonyl (C=O) groups excluding carboxylic acids is 1. The summed E-state index contributed by atoms with van der Waals surface area (Å²) < 4.78 is 26.8. The maximum atomic E-state index is 13.7. The summed E-state index contributed by atoms with van der Waals surface area (Å²) in [6, 6.07) is 16.8. The van der Waals surface area contributed by atoms with Crippen molar-refractivity contribution in [3.8, 4) is 0 Å². The Morgan fingerprint density at radius 1 is 1.03 bits per heavy atom. The van der Waals surface area contributed by atoms with E-state index in [9.17, 15) is 13.6 Å². The first kappa shape index (κ1) is 21.1. The lowest BCUT2D eigenvalue weighted by Gasteiger charge is -2.32. The summed E-state index contributed by atoms with van der Waals surface area (Å²) in [5, 5.41) is 2.65. The molecule has 2 aromatic carbocycles. The number of piperidine rings is 1. The molecule has 0 saturated carbocycles. The lowest BCUT2D eigenvalue weighted by atomic mass is 9.93. The molecule has 1 atom stereocenters. The number of likely N-dealkylation sites (tertiary alicyclic amines) is 1. The number of carbonyl (C=O) groups is 1. The number of pyridine rings is 1. The minimum Gasteiger partial charge on any atom is -0.322 e. The van der Waals surface area contributed by atoms with Crippen LogP contribution in [0, 0.1) is 11.6 Å². The van der Waals surface area contributed by atoms with E-state index in [1.807, 2.05) is 12.3 Å². The number of aromatic nitrogens is 1. The first-order valence-corrected chi connectivity index (χ1v) is 10.5. The van der Waals surface area contributed by atoms with E-state index in [4.69, 9.17) is 0 Å². The smallest absolute Gasteiger partial charge is 0.238 e. The fraction of sp³-hybridized carbons (Fsp3) is 0.280. The Morgan fingerprint density at radius 2 is 1.81 bits per heavy atom. The monoisotopic (exact) mass is 421 g/mol. The van der Waals surface area contributed by atoms with Crippen LogP contribution in [0.2, 0.25) is 0 Å². The molecule has 4 nitrogen and oxygen atoms in total. The van der Waals surface area contributed by atoms with Crippen LogP contribution in [-0.2, 0) is 11.2 Å². The summed E-state index contributed by atoms with van der Waals surface area (Å²) in [7, 11) is 0. The number of nitrogens with zero attached hydrogens (tertiary/aromatic N) is 2. The standard InChI is InChI=1S/C25H25F2N3O/c26-21-10-7-18(8-11-21)14-19-9-12-23(28-15-19)20-4-3-13-30(16-20)17-25(31)29-24-6-2-1-5-22(24)27/h1-2,5-12,15,20H,3-4,13-14,16-17H2,(H,29,31)/t20-/m0/s1. The van der Waals surface area contributed by atoms with E-state index in [2.05, 4.69) is 21.3 Å². The van der Waals surface area contributed by atoms with Crippen LogP contribution in [0.1, 0.15) is 35.6 Å². The van der Waals surface area contributed by atoms with Crippen molar-refractivity contribution in [2.45, 2.75) is 25.2 Å². The molecule has 0 unspecified atom stereocenters. The maximum Gasteiger partial charge on any atom is 0.238 e. The predicted molar refractivity (Wildman–Crippen MR) is 117 cm³/mol. The second-order valence-corrected chi connectivity index (χ2v) is 8.00. The van der Waals surface area contributed by atoms with Crippen LogP contribution >= 0.6 is 0 Å². The zero-order valence-corrected chi connectivity index (χ0v) is 17.2. The number of rotatable bonds is 6. The van der Waals surface area contributed by atoms with E-state index in [1.165, 1.54) is 18.2 Å². The van der Waals surface area contributed by atoms with E-state index in [0.717, 1.165) is 42.8 Å². The summed E-state index contributed by atoms with van der Waals surface area (Å²) in [4.78, 5) is 19.1. The van der Waals surface area contributed by atoms with Gasteiger partial charge in [0.15, 0.2) is 0 Å². The van der Waals surface area contributed by atoms with Crippen molar-refractivity contribution < 1.29 is 13.6 Å². The van der Waals surface area contributed by atoms with Gasteiger partial charge in [-0.15, -0.1) is 0 Å². The fourth-order valence-corrected chi connectivity index (χ4v) is 4.02. The molecule has 31 heavy (non-hydrogen) atoms. The molecule has 0 aliphatic carbocycles. The van der Waals surface area contributed by atoms with Gasteiger partial charge in [-0.05, 0) is 67.3 Å². The predicted octanol–water partition coefficient (Wildman–Crippen LogP) is 4.77. The zero-order chi connectivity index (χ0) is 21.6. The van der Waals surface area contributed by atoms with Crippen molar-refractivity contribution in [2.75, 3.05) is 25.0 Å². The fourth-order valence-electron chi connectivity index (χ4n) is 4.02. The van der Waals surface area contributed by atoms with Crippen molar-refractivity contribution in [2.24, 2.45) is 0 Å². The van der Waals surface area contributed by atoms with Gasteiger partial charge in [0.2, 0.25) is 5.91 Å². The topological polar surface area (TPSA) is 45.2 Å². The molecule has 1 aromatic heterocycles. The highest BCUT2D eigenvalue weighted by atomic mass is 19.1. The molecule has 0 spiro atoms. The normalized spacial score (nSPS) is 16.8. The van der Waals surface area contributed by atoms with Crippen molar-refractivity contribution in [1.82, 2.24) is 9.88 Å². The minimum absolute atomic E-state index is 0.208. The van der Waals surface area contributed by atoms with Gasteiger partial charge < -0.3 is 5.32 Å². The van der Waals surface area contributed by atoms with Gasteiger partial charge in [0.05, 0.1) is 12.2 Å². The summed E-state index contributed by atoms with van der Waals surface area (Å²) in [5.74, 6) is -0.623.